The number of allylic oxidation sites excluding steroid dienone is 4. The molecular formula is C20H32N2O2. The van der Waals surface area contributed by atoms with E-state index in [9.17, 15) is 4.79 Å². The Labute approximate surface area is 146 Å². The summed E-state index contributed by atoms with van der Waals surface area (Å²) in [6.07, 6.45) is 20.3. The van der Waals surface area contributed by atoms with Gasteiger partial charge in [-0.25, -0.2) is 0 Å². The van der Waals surface area contributed by atoms with Crippen LogP contribution in [0.4, 0.5) is 0 Å². The predicted molar refractivity (Wildman–Crippen MR) is 97.2 cm³/mol. The van der Waals surface area contributed by atoms with Crippen LogP contribution in [0.25, 0.3) is 0 Å². The molecule has 1 N–H and O–H groups in total. The van der Waals surface area contributed by atoms with Gasteiger partial charge in [0.05, 0.1) is 11.6 Å². The van der Waals surface area contributed by atoms with Gasteiger partial charge in [0.2, 0.25) is 0 Å². The molecule has 0 aromatic rings. The number of carboxylic acids is 1. The van der Waals surface area contributed by atoms with Crippen LogP contribution in [0, 0.1) is 5.92 Å². The fourth-order valence-corrected chi connectivity index (χ4v) is 3.99. The number of nitrogens with zero attached hydrogens (tertiary/aromatic N) is 2. The molecule has 4 heteroatoms. The number of carboxylic acid groups (broad SMARTS) is 1. The molecule has 1 aliphatic heterocycles. The van der Waals surface area contributed by atoms with Crippen molar-refractivity contribution in [2.75, 3.05) is 0 Å². The summed E-state index contributed by atoms with van der Waals surface area (Å²) in [5.41, 5.74) is 0.146. The van der Waals surface area contributed by atoms with E-state index in [1.807, 2.05) is 0 Å². The fraction of sp³-hybridized carbons (Fsp3) is 0.750. The molecule has 2 rings (SSSR count). The first kappa shape index (κ1) is 18.9. The molecule has 1 saturated carbocycles. The first-order chi connectivity index (χ1) is 11.7. The summed E-state index contributed by atoms with van der Waals surface area (Å²) in [6.45, 7) is 2.08. The molecule has 0 spiro atoms. The lowest BCUT2D eigenvalue weighted by Crippen LogP contribution is -2.21. The van der Waals surface area contributed by atoms with Gasteiger partial charge in [-0.3, -0.25) is 4.79 Å². The van der Waals surface area contributed by atoms with Gasteiger partial charge in [-0.1, -0.05) is 37.1 Å². The molecule has 2 aliphatic rings. The molecule has 3 atom stereocenters. The van der Waals surface area contributed by atoms with Gasteiger partial charge in [-0.2, -0.15) is 10.2 Å². The Morgan fingerprint density at radius 1 is 1.12 bits per heavy atom. The van der Waals surface area contributed by atoms with Crippen molar-refractivity contribution in [2.45, 2.75) is 89.1 Å². The van der Waals surface area contributed by atoms with E-state index in [-0.39, 0.29) is 12.0 Å². The molecule has 0 aromatic heterocycles. The zero-order chi connectivity index (χ0) is 17.3. The van der Waals surface area contributed by atoms with Gasteiger partial charge in [-0.15, -0.1) is 0 Å². The highest BCUT2D eigenvalue weighted by Crippen LogP contribution is 2.49. The molecule has 1 heterocycles. The third-order valence-corrected chi connectivity index (χ3v) is 5.31. The van der Waals surface area contributed by atoms with Crippen molar-refractivity contribution in [1.82, 2.24) is 0 Å². The second kappa shape index (κ2) is 9.75. The summed E-state index contributed by atoms with van der Waals surface area (Å²) >= 11 is 0. The van der Waals surface area contributed by atoms with Gasteiger partial charge >= 0.3 is 5.97 Å². The van der Waals surface area contributed by atoms with Crippen LogP contribution in [0.2, 0.25) is 0 Å². The van der Waals surface area contributed by atoms with Crippen LogP contribution < -0.4 is 0 Å². The lowest BCUT2D eigenvalue weighted by atomic mass is 9.89. The van der Waals surface area contributed by atoms with Gasteiger partial charge in [0.1, 0.15) is 0 Å². The van der Waals surface area contributed by atoms with E-state index in [0.717, 1.165) is 25.7 Å². The third kappa shape index (κ3) is 5.88. The average Bonchev–Trinajstić information content (AvgIpc) is 3.12. The maximum atomic E-state index is 10.5. The molecule has 1 aliphatic carbocycles. The summed E-state index contributed by atoms with van der Waals surface area (Å²) in [5, 5.41) is 17.8. The number of fused-ring (bicyclic) bond motifs is 2. The Morgan fingerprint density at radius 3 is 2.75 bits per heavy atom. The monoisotopic (exact) mass is 332 g/mol. The Kier molecular flexibility index (Phi) is 7.67. The van der Waals surface area contributed by atoms with E-state index in [2.05, 4.69) is 41.5 Å². The molecule has 0 radical (unpaired) electrons. The first-order valence-electron chi connectivity index (χ1n) is 9.55. The van der Waals surface area contributed by atoms with Crippen LogP contribution in [-0.4, -0.2) is 22.7 Å². The van der Waals surface area contributed by atoms with Crippen LogP contribution >= 0.6 is 0 Å². The van der Waals surface area contributed by atoms with Crippen molar-refractivity contribution in [1.29, 1.82) is 0 Å². The SMILES string of the molecule is C/C=C/CCCCC[C@@]12C[C@@H](C/C=C\CCCC(=O)O)[C@H](C1)N=N2. The summed E-state index contributed by atoms with van der Waals surface area (Å²) in [4.78, 5) is 10.5. The summed E-state index contributed by atoms with van der Waals surface area (Å²) in [6, 6.07) is 0.427. The van der Waals surface area contributed by atoms with Crippen molar-refractivity contribution in [2.24, 2.45) is 16.1 Å². The Bertz CT molecular complexity index is 484. The minimum absolute atomic E-state index is 0.146. The Morgan fingerprint density at radius 2 is 1.96 bits per heavy atom. The number of hydrogen-bond acceptors (Lipinski definition) is 3. The first-order valence-corrected chi connectivity index (χ1v) is 9.55. The number of unbranched alkanes of at least 4 members (excludes halogenated alkanes) is 4. The van der Waals surface area contributed by atoms with E-state index in [4.69, 9.17) is 5.11 Å². The summed E-state index contributed by atoms with van der Waals surface area (Å²) in [5.74, 6) is -0.0641. The normalized spacial score (nSPS) is 28.5. The second-order valence-corrected chi connectivity index (χ2v) is 7.34. The zero-order valence-electron chi connectivity index (χ0n) is 15.0. The van der Waals surface area contributed by atoms with Crippen LogP contribution in [0.3, 0.4) is 0 Å². The van der Waals surface area contributed by atoms with E-state index >= 15 is 0 Å². The summed E-state index contributed by atoms with van der Waals surface area (Å²) in [7, 11) is 0. The van der Waals surface area contributed by atoms with Crippen LogP contribution in [0.15, 0.2) is 34.5 Å². The van der Waals surface area contributed by atoms with Gasteiger partial charge in [0.25, 0.3) is 0 Å². The average molecular weight is 332 g/mol. The van der Waals surface area contributed by atoms with Gasteiger partial charge < -0.3 is 5.11 Å². The zero-order valence-corrected chi connectivity index (χ0v) is 15.0. The van der Waals surface area contributed by atoms with Gasteiger partial charge in [0.15, 0.2) is 0 Å². The molecule has 4 nitrogen and oxygen atoms in total. The Balaban J connectivity index is 1.63. The highest BCUT2D eigenvalue weighted by molar-refractivity contribution is 5.66. The molecule has 134 valence electrons. The molecule has 0 saturated heterocycles. The number of carbonyl (C=O) groups is 1. The highest BCUT2D eigenvalue weighted by Gasteiger charge is 2.49. The predicted octanol–water partition coefficient (Wildman–Crippen LogP) is 5.70. The van der Waals surface area contributed by atoms with E-state index in [1.165, 1.54) is 38.5 Å². The number of azo groups is 1. The van der Waals surface area contributed by atoms with Gasteiger partial charge in [0, 0.05) is 6.42 Å². The maximum absolute atomic E-state index is 10.5. The molecular weight excluding hydrogens is 300 g/mol. The third-order valence-electron chi connectivity index (χ3n) is 5.31. The summed E-state index contributed by atoms with van der Waals surface area (Å²) < 4.78 is 0. The van der Waals surface area contributed by atoms with E-state index < -0.39 is 5.97 Å². The highest BCUT2D eigenvalue weighted by atomic mass is 16.4. The van der Waals surface area contributed by atoms with Gasteiger partial charge in [-0.05, 0) is 64.2 Å². The Hall–Kier alpha value is -1.45. The number of rotatable bonds is 12. The lowest BCUT2D eigenvalue weighted by molar-refractivity contribution is -0.137. The standard InChI is InChI=1S/C20H32N2O2/c1-2-3-4-5-8-11-14-20-15-17(18(16-20)21-22-20)12-9-6-7-10-13-19(23)24/h2-3,6,9,17-18H,4-5,7-8,10-16H2,1H3,(H,23,24)/b3-2+,9-6-/t17-,18+,20-/m1/s1. The molecule has 2 bridgehead atoms. The van der Waals surface area contributed by atoms with Crippen molar-refractivity contribution in [3.63, 3.8) is 0 Å². The van der Waals surface area contributed by atoms with Crippen molar-refractivity contribution in [3.05, 3.63) is 24.3 Å². The lowest BCUT2D eigenvalue weighted by Gasteiger charge is -2.23. The quantitative estimate of drug-likeness (QED) is 0.368. The fourth-order valence-electron chi connectivity index (χ4n) is 3.99. The van der Waals surface area contributed by atoms with Crippen molar-refractivity contribution >= 4 is 5.97 Å². The van der Waals surface area contributed by atoms with Crippen LogP contribution in [0.1, 0.15) is 77.6 Å². The van der Waals surface area contributed by atoms with Crippen LogP contribution in [0.5, 0.6) is 0 Å². The van der Waals surface area contributed by atoms with E-state index in [1.54, 1.807) is 0 Å². The topological polar surface area (TPSA) is 62.0 Å². The molecule has 0 unspecified atom stereocenters. The second-order valence-electron chi connectivity index (χ2n) is 7.34. The molecule has 24 heavy (non-hydrogen) atoms. The molecule has 0 aromatic carbocycles. The minimum atomic E-state index is -0.704. The number of aliphatic carboxylic acids is 1. The largest absolute Gasteiger partial charge is 0.481 e. The van der Waals surface area contributed by atoms with Crippen molar-refractivity contribution < 1.29 is 9.90 Å². The van der Waals surface area contributed by atoms with Crippen LogP contribution in [-0.2, 0) is 4.79 Å². The smallest absolute Gasteiger partial charge is 0.303 e. The minimum Gasteiger partial charge on any atom is -0.481 e. The number of hydrogen-bond donors (Lipinski definition) is 1. The molecule has 0 amide bonds. The maximum Gasteiger partial charge on any atom is 0.303 e. The van der Waals surface area contributed by atoms with Crippen molar-refractivity contribution in [3.8, 4) is 0 Å². The molecule has 1 fully saturated rings. The van der Waals surface area contributed by atoms with E-state index in [0.29, 0.717) is 12.0 Å².